The third-order valence-electron chi connectivity index (χ3n) is 7.68. The van der Waals surface area contributed by atoms with Crippen LogP contribution < -0.4 is 0 Å². The monoisotopic (exact) mass is 416 g/mol. The van der Waals surface area contributed by atoms with E-state index in [2.05, 4.69) is 25.7 Å². The summed E-state index contributed by atoms with van der Waals surface area (Å²) in [4.78, 5) is 12.1. The van der Waals surface area contributed by atoms with Crippen LogP contribution in [0.3, 0.4) is 0 Å². The minimum absolute atomic E-state index is 0.0241. The quantitative estimate of drug-likeness (QED) is 0.458. The van der Waals surface area contributed by atoms with Crippen LogP contribution in [0.25, 0.3) is 0 Å². The van der Waals surface area contributed by atoms with E-state index >= 15 is 0 Å². The number of fused-ring (bicyclic) bond motifs is 2. The highest BCUT2D eigenvalue weighted by Crippen LogP contribution is 2.60. The molecular formula is C24H29ClO4. The highest BCUT2D eigenvalue weighted by molar-refractivity contribution is 6.30. The average molecular weight is 417 g/mol. The van der Waals surface area contributed by atoms with E-state index in [1.807, 2.05) is 31.2 Å². The molecular weight excluding hydrogens is 388 g/mol. The van der Waals surface area contributed by atoms with E-state index in [4.69, 9.17) is 30.8 Å². The van der Waals surface area contributed by atoms with Crippen molar-refractivity contribution in [2.24, 2.45) is 23.7 Å². The molecule has 1 aromatic rings. The van der Waals surface area contributed by atoms with Gasteiger partial charge in [-0.1, -0.05) is 37.3 Å². The Kier molecular flexibility index (Phi) is 4.96. The molecule has 4 saturated heterocycles. The molecule has 0 aromatic heterocycles. The molecule has 8 atom stereocenters. The van der Waals surface area contributed by atoms with Crippen LogP contribution in [0.15, 0.2) is 24.3 Å². The molecule has 6 rings (SSSR count). The van der Waals surface area contributed by atoms with Gasteiger partial charge >= 0.3 is 0 Å². The van der Waals surface area contributed by atoms with E-state index in [0.717, 1.165) is 29.8 Å². The van der Waals surface area contributed by atoms with Crippen LogP contribution in [0.1, 0.15) is 58.4 Å². The molecule has 5 aliphatic rings. The summed E-state index contributed by atoms with van der Waals surface area (Å²) in [6.45, 7) is 6.58. The number of hydrogen-bond donors (Lipinski definition) is 0. The minimum Gasteiger partial charge on any atom is -0.345 e. The van der Waals surface area contributed by atoms with Gasteiger partial charge in [0, 0.05) is 29.3 Å². The van der Waals surface area contributed by atoms with Gasteiger partial charge in [-0.15, -0.1) is 0 Å². The lowest BCUT2D eigenvalue weighted by Crippen LogP contribution is -2.70. The molecule has 1 saturated carbocycles. The van der Waals surface area contributed by atoms with Gasteiger partial charge in [0.25, 0.3) is 0 Å². The first-order valence-corrected chi connectivity index (χ1v) is 11.2. The van der Waals surface area contributed by atoms with Gasteiger partial charge in [0.2, 0.25) is 5.79 Å². The number of hydrogen-bond acceptors (Lipinski definition) is 4. The van der Waals surface area contributed by atoms with Crippen molar-refractivity contribution in [1.29, 1.82) is 0 Å². The Labute approximate surface area is 178 Å². The summed E-state index contributed by atoms with van der Waals surface area (Å²) in [5, 5.41) is 0.724. The lowest BCUT2D eigenvalue weighted by atomic mass is 9.57. The molecule has 1 aromatic carbocycles. The molecule has 1 spiro atoms. The topological polar surface area (TPSA) is 36.9 Å². The van der Waals surface area contributed by atoms with Gasteiger partial charge in [-0.2, -0.15) is 0 Å². The summed E-state index contributed by atoms with van der Waals surface area (Å²) in [5.41, 5.74) is 0.475. The fraction of sp³-hybridized carbons (Fsp3) is 0.667. The first-order valence-electron chi connectivity index (χ1n) is 10.9. The fourth-order valence-corrected chi connectivity index (χ4v) is 6.12. The molecule has 2 bridgehead atoms. The Morgan fingerprint density at radius 2 is 1.86 bits per heavy atom. The molecule has 156 valence electrons. The Morgan fingerprint density at radius 1 is 1.07 bits per heavy atom. The molecule has 0 radical (unpaired) electrons. The van der Waals surface area contributed by atoms with Crippen molar-refractivity contribution in [3.63, 3.8) is 0 Å². The molecule has 4 nitrogen and oxygen atoms in total. The van der Waals surface area contributed by atoms with Gasteiger partial charge < -0.3 is 9.47 Å². The fourth-order valence-electron chi connectivity index (χ4n) is 6.00. The Balaban J connectivity index is 1.41. The first kappa shape index (κ1) is 19.8. The minimum atomic E-state index is -0.725. The van der Waals surface area contributed by atoms with Crippen molar-refractivity contribution in [2.75, 3.05) is 0 Å². The Hall–Kier alpha value is -1.09. The van der Waals surface area contributed by atoms with E-state index in [9.17, 15) is 0 Å². The van der Waals surface area contributed by atoms with E-state index in [1.165, 1.54) is 6.42 Å². The van der Waals surface area contributed by atoms with Crippen molar-refractivity contribution in [3.8, 4) is 11.8 Å². The van der Waals surface area contributed by atoms with Crippen LogP contribution in [0.5, 0.6) is 0 Å². The summed E-state index contributed by atoms with van der Waals surface area (Å²) in [6, 6.07) is 7.63. The van der Waals surface area contributed by atoms with Gasteiger partial charge in [-0.3, -0.25) is 0 Å². The molecule has 5 heteroatoms. The summed E-state index contributed by atoms with van der Waals surface area (Å²) < 4.78 is 13.0. The van der Waals surface area contributed by atoms with Gasteiger partial charge in [-0.25, -0.2) is 9.78 Å². The SMILES string of the molecule is C[C@@H]1CCC2[C@@H](C)[C@@H](CC#Cc3ccc(Cl)cc3)O[C@@H]3OC4(C)CCC1[C@@]23OO4. The smallest absolute Gasteiger partial charge is 0.201 e. The van der Waals surface area contributed by atoms with Crippen molar-refractivity contribution in [2.45, 2.75) is 76.7 Å². The Bertz CT molecular complexity index is 830. The maximum absolute atomic E-state index is 6.56. The van der Waals surface area contributed by atoms with Crippen molar-refractivity contribution < 1.29 is 19.2 Å². The predicted octanol–water partition coefficient (Wildman–Crippen LogP) is 5.33. The lowest BCUT2D eigenvalue weighted by molar-refractivity contribution is -0.570. The third-order valence-corrected chi connectivity index (χ3v) is 7.93. The lowest BCUT2D eigenvalue weighted by Gasteiger charge is -2.60. The van der Waals surface area contributed by atoms with Crippen LogP contribution in [-0.4, -0.2) is 23.8 Å². The van der Waals surface area contributed by atoms with E-state index in [0.29, 0.717) is 30.1 Å². The number of benzene rings is 1. The molecule has 1 aliphatic carbocycles. The second-order valence-electron chi connectivity index (χ2n) is 9.46. The second kappa shape index (κ2) is 7.25. The predicted molar refractivity (Wildman–Crippen MR) is 110 cm³/mol. The number of ether oxygens (including phenoxy) is 2. The standard InChI is InChI=1S/C24H29ClO4/c1-15-7-12-20-16(2)21(6-4-5-17-8-10-18(25)11-9-17)26-22-24(20)19(15)13-14-23(3,27-22)28-29-24/h8-11,15-16,19-22H,6-7,12-14H2,1-3H3/t15-,16-,19?,20?,21-,22-,23?,24-/m1/s1. The number of rotatable bonds is 1. The van der Waals surface area contributed by atoms with Crippen molar-refractivity contribution in [3.05, 3.63) is 34.9 Å². The molecule has 5 fully saturated rings. The van der Waals surface area contributed by atoms with Crippen molar-refractivity contribution in [1.82, 2.24) is 0 Å². The highest BCUT2D eigenvalue weighted by atomic mass is 35.5. The van der Waals surface area contributed by atoms with Gasteiger partial charge in [0.1, 0.15) is 0 Å². The largest absolute Gasteiger partial charge is 0.345 e. The zero-order valence-electron chi connectivity index (χ0n) is 17.3. The summed E-state index contributed by atoms with van der Waals surface area (Å²) in [5.74, 6) is 7.50. The van der Waals surface area contributed by atoms with Crippen LogP contribution in [0.4, 0.5) is 0 Å². The molecule has 4 heterocycles. The van der Waals surface area contributed by atoms with Gasteiger partial charge in [-0.05, 0) is 68.2 Å². The Morgan fingerprint density at radius 3 is 2.66 bits per heavy atom. The van der Waals surface area contributed by atoms with Crippen LogP contribution in [0.2, 0.25) is 5.02 Å². The van der Waals surface area contributed by atoms with Crippen molar-refractivity contribution >= 4 is 11.6 Å². The second-order valence-corrected chi connectivity index (χ2v) is 9.89. The zero-order valence-corrected chi connectivity index (χ0v) is 18.1. The molecule has 0 amide bonds. The van der Waals surface area contributed by atoms with E-state index in [-0.39, 0.29) is 12.4 Å². The summed E-state index contributed by atoms with van der Waals surface area (Å²) in [7, 11) is 0. The van der Waals surface area contributed by atoms with Gasteiger partial charge in [0.15, 0.2) is 11.9 Å². The highest BCUT2D eigenvalue weighted by Gasteiger charge is 2.69. The third kappa shape index (κ3) is 3.23. The number of halogens is 1. The molecule has 3 unspecified atom stereocenters. The van der Waals surface area contributed by atoms with Crippen LogP contribution >= 0.6 is 11.6 Å². The zero-order chi connectivity index (χ0) is 20.2. The maximum atomic E-state index is 6.56. The van der Waals surface area contributed by atoms with E-state index < -0.39 is 11.4 Å². The van der Waals surface area contributed by atoms with Crippen LogP contribution in [-0.2, 0) is 19.2 Å². The van der Waals surface area contributed by atoms with Crippen LogP contribution in [0, 0.1) is 35.5 Å². The molecule has 4 aliphatic heterocycles. The normalized spacial score (nSPS) is 45.7. The summed E-state index contributed by atoms with van der Waals surface area (Å²) >= 11 is 5.96. The molecule has 0 N–H and O–H groups in total. The van der Waals surface area contributed by atoms with Gasteiger partial charge in [0.05, 0.1) is 6.10 Å². The average Bonchev–Trinajstić information content (AvgIpc) is 2.93. The maximum Gasteiger partial charge on any atom is 0.201 e. The van der Waals surface area contributed by atoms with E-state index in [1.54, 1.807) is 0 Å². The summed E-state index contributed by atoms with van der Waals surface area (Å²) in [6.07, 6.45) is 4.54. The molecule has 29 heavy (non-hydrogen) atoms. The first-order chi connectivity index (χ1) is 13.9.